The highest BCUT2D eigenvalue weighted by molar-refractivity contribution is 6.05. The van der Waals surface area contributed by atoms with Crippen LogP contribution in [0.15, 0.2) is 42.5 Å². The van der Waals surface area contributed by atoms with E-state index in [1.165, 1.54) is 0 Å². The number of esters is 1. The van der Waals surface area contributed by atoms with Crippen LogP contribution < -0.4 is 15.5 Å². The lowest BCUT2D eigenvalue weighted by Gasteiger charge is -2.33. The van der Waals surface area contributed by atoms with Gasteiger partial charge in [0.05, 0.1) is 16.9 Å². The molecule has 1 saturated heterocycles. The number of carbonyl (C=O) groups excluding carboxylic acids is 3. The van der Waals surface area contributed by atoms with E-state index in [0.29, 0.717) is 17.2 Å². The van der Waals surface area contributed by atoms with Crippen molar-refractivity contribution >= 4 is 34.8 Å². The molecule has 2 aromatic carbocycles. The van der Waals surface area contributed by atoms with Crippen molar-refractivity contribution in [3.63, 3.8) is 0 Å². The van der Waals surface area contributed by atoms with Crippen molar-refractivity contribution in [3.8, 4) is 0 Å². The zero-order chi connectivity index (χ0) is 22.0. The molecule has 0 radical (unpaired) electrons. The number of hydrogen-bond donors (Lipinski definition) is 2. The molecule has 4 rings (SSSR count). The van der Waals surface area contributed by atoms with E-state index in [1.807, 2.05) is 30.3 Å². The minimum absolute atomic E-state index is 0.0464. The monoisotopic (exact) mass is 421 g/mol. The zero-order valence-corrected chi connectivity index (χ0v) is 17.8. The summed E-state index contributed by atoms with van der Waals surface area (Å²) in [5.41, 5.74) is 3.59. The van der Waals surface area contributed by atoms with Gasteiger partial charge in [0.15, 0.2) is 6.61 Å². The van der Waals surface area contributed by atoms with Crippen LogP contribution in [0, 0.1) is 0 Å². The maximum absolute atomic E-state index is 12.5. The third kappa shape index (κ3) is 4.26. The number of nitrogens with one attached hydrogen (secondary N) is 2. The Labute approximate surface area is 181 Å². The summed E-state index contributed by atoms with van der Waals surface area (Å²) in [5.74, 6) is -0.740. The summed E-state index contributed by atoms with van der Waals surface area (Å²) in [4.78, 5) is 39.2. The van der Waals surface area contributed by atoms with Gasteiger partial charge in [0, 0.05) is 12.2 Å². The Morgan fingerprint density at radius 2 is 2.06 bits per heavy atom. The van der Waals surface area contributed by atoms with Crippen molar-refractivity contribution in [2.75, 3.05) is 28.7 Å². The number of anilines is 3. The predicted molar refractivity (Wildman–Crippen MR) is 119 cm³/mol. The molecular weight excluding hydrogens is 394 g/mol. The Morgan fingerprint density at radius 1 is 1.26 bits per heavy atom. The second kappa shape index (κ2) is 8.79. The highest BCUT2D eigenvalue weighted by Crippen LogP contribution is 2.37. The first kappa shape index (κ1) is 20.9. The number of rotatable bonds is 6. The number of hydrogen-bond acceptors (Lipinski definition) is 5. The SMILES string of the molecule is CC[C@@H](C)c1ccccc1NC(=O)COC(=O)c1ccc2c(c1)NC(=O)[C@@H]1CCCN21. The van der Waals surface area contributed by atoms with Crippen LogP contribution in [0.25, 0.3) is 0 Å². The third-order valence-electron chi connectivity index (χ3n) is 6.07. The first-order chi connectivity index (χ1) is 15.0. The van der Waals surface area contributed by atoms with Crippen molar-refractivity contribution in [3.05, 3.63) is 53.6 Å². The number of benzene rings is 2. The van der Waals surface area contributed by atoms with Crippen molar-refractivity contribution in [2.45, 2.75) is 45.1 Å². The summed E-state index contributed by atoms with van der Waals surface area (Å²) in [5, 5.41) is 5.71. The van der Waals surface area contributed by atoms with Gasteiger partial charge in [0.25, 0.3) is 5.91 Å². The molecule has 0 unspecified atom stereocenters. The fraction of sp³-hybridized carbons (Fsp3) is 0.375. The largest absolute Gasteiger partial charge is 0.452 e. The van der Waals surface area contributed by atoms with E-state index in [-0.39, 0.29) is 18.6 Å². The van der Waals surface area contributed by atoms with Crippen LogP contribution in [0.4, 0.5) is 17.1 Å². The van der Waals surface area contributed by atoms with Crippen LogP contribution in [0.5, 0.6) is 0 Å². The number of fused-ring (bicyclic) bond motifs is 3. The average molecular weight is 421 g/mol. The molecule has 2 heterocycles. The topological polar surface area (TPSA) is 87.7 Å². The van der Waals surface area contributed by atoms with E-state index >= 15 is 0 Å². The summed E-state index contributed by atoms with van der Waals surface area (Å²) in [6.45, 7) is 4.64. The second-order valence-corrected chi connectivity index (χ2v) is 8.09. The molecule has 0 aromatic heterocycles. The molecule has 7 nitrogen and oxygen atoms in total. The quantitative estimate of drug-likeness (QED) is 0.691. The van der Waals surface area contributed by atoms with Crippen molar-refractivity contribution in [1.29, 1.82) is 0 Å². The van der Waals surface area contributed by atoms with E-state index in [4.69, 9.17) is 4.74 Å². The molecule has 2 aromatic rings. The lowest BCUT2D eigenvalue weighted by atomic mass is 9.97. The van der Waals surface area contributed by atoms with Crippen molar-refractivity contribution in [2.24, 2.45) is 0 Å². The molecule has 2 atom stereocenters. The highest BCUT2D eigenvalue weighted by atomic mass is 16.5. The van der Waals surface area contributed by atoms with Crippen molar-refractivity contribution in [1.82, 2.24) is 0 Å². The molecule has 0 bridgehead atoms. The summed E-state index contributed by atoms with van der Waals surface area (Å²) in [6, 6.07) is 12.6. The van der Waals surface area contributed by atoms with Crippen LogP contribution in [0.3, 0.4) is 0 Å². The van der Waals surface area contributed by atoms with E-state index in [2.05, 4.69) is 29.4 Å². The molecule has 2 N–H and O–H groups in total. The Morgan fingerprint density at radius 3 is 2.87 bits per heavy atom. The van der Waals surface area contributed by atoms with Crippen molar-refractivity contribution < 1.29 is 19.1 Å². The summed E-state index contributed by atoms with van der Waals surface area (Å²) >= 11 is 0. The number of amides is 2. The van der Waals surface area contributed by atoms with Gasteiger partial charge in [-0.3, -0.25) is 9.59 Å². The van der Waals surface area contributed by atoms with E-state index in [0.717, 1.165) is 42.7 Å². The smallest absolute Gasteiger partial charge is 0.338 e. The Balaban J connectivity index is 1.39. The maximum atomic E-state index is 12.5. The molecule has 31 heavy (non-hydrogen) atoms. The number of ether oxygens (including phenoxy) is 1. The normalized spacial score (nSPS) is 17.9. The van der Waals surface area contributed by atoms with Crippen LogP contribution in [-0.4, -0.2) is 37.0 Å². The predicted octanol–water partition coefficient (Wildman–Crippen LogP) is 3.92. The fourth-order valence-electron chi connectivity index (χ4n) is 4.22. The zero-order valence-electron chi connectivity index (χ0n) is 17.8. The Hall–Kier alpha value is -3.35. The summed E-state index contributed by atoms with van der Waals surface area (Å²) < 4.78 is 5.22. The minimum atomic E-state index is -0.606. The second-order valence-electron chi connectivity index (χ2n) is 8.09. The van der Waals surface area contributed by atoms with Gasteiger partial charge in [0.1, 0.15) is 6.04 Å². The number of para-hydroxylation sites is 1. The van der Waals surface area contributed by atoms with Gasteiger partial charge in [-0.1, -0.05) is 32.0 Å². The van der Waals surface area contributed by atoms with E-state index in [1.54, 1.807) is 12.1 Å². The molecule has 1 fully saturated rings. The van der Waals surface area contributed by atoms with Gasteiger partial charge in [-0.2, -0.15) is 0 Å². The Kier molecular flexibility index (Phi) is 5.93. The van der Waals surface area contributed by atoms with Gasteiger partial charge in [0.2, 0.25) is 5.91 Å². The van der Waals surface area contributed by atoms with Gasteiger partial charge in [-0.15, -0.1) is 0 Å². The van der Waals surface area contributed by atoms with Gasteiger partial charge in [-0.05, 0) is 55.0 Å². The third-order valence-corrected chi connectivity index (χ3v) is 6.07. The molecule has 2 aliphatic heterocycles. The molecular formula is C24H27N3O4. The average Bonchev–Trinajstić information content (AvgIpc) is 3.28. The molecule has 2 amide bonds. The highest BCUT2D eigenvalue weighted by Gasteiger charge is 2.36. The molecule has 2 aliphatic rings. The molecule has 0 aliphatic carbocycles. The fourth-order valence-corrected chi connectivity index (χ4v) is 4.22. The maximum Gasteiger partial charge on any atom is 0.338 e. The molecule has 7 heteroatoms. The van der Waals surface area contributed by atoms with Gasteiger partial charge < -0.3 is 20.3 Å². The number of nitrogens with zero attached hydrogens (tertiary/aromatic N) is 1. The summed E-state index contributed by atoms with van der Waals surface area (Å²) in [6.07, 6.45) is 2.76. The molecule has 0 saturated carbocycles. The molecule has 162 valence electrons. The summed E-state index contributed by atoms with van der Waals surface area (Å²) in [7, 11) is 0. The minimum Gasteiger partial charge on any atom is -0.452 e. The first-order valence-electron chi connectivity index (χ1n) is 10.8. The van der Waals surface area contributed by atoms with Gasteiger partial charge >= 0.3 is 5.97 Å². The van der Waals surface area contributed by atoms with Crippen LogP contribution >= 0.6 is 0 Å². The first-order valence-corrected chi connectivity index (χ1v) is 10.8. The lowest BCUT2D eigenvalue weighted by Crippen LogP contribution is -2.43. The number of carbonyl (C=O) groups is 3. The molecule has 0 spiro atoms. The van der Waals surface area contributed by atoms with Crippen LogP contribution in [-0.2, 0) is 14.3 Å². The van der Waals surface area contributed by atoms with Crippen LogP contribution in [0.2, 0.25) is 0 Å². The van der Waals surface area contributed by atoms with Crippen LogP contribution in [0.1, 0.15) is 54.9 Å². The van der Waals surface area contributed by atoms with E-state index < -0.39 is 11.9 Å². The standard InChI is InChI=1S/C24H27N3O4/c1-3-15(2)17-7-4-5-8-18(17)25-22(28)14-31-24(30)16-10-11-20-19(13-16)26-23(29)21-9-6-12-27(20)21/h4-5,7-8,10-11,13,15,21H,3,6,9,12,14H2,1-2H3,(H,25,28)(H,26,29)/t15-,21+/m1/s1. The van der Waals surface area contributed by atoms with Gasteiger partial charge in [-0.25, -0.2) is 4.79 Å². The van der Waals surface area contributed by atoms with E-state index in [9.17, 15) is 14.4 Å². The lowest BCUT2D eigenvalue weighted by molar-refractivity contribution is -0.119. The Bertz CT molecular complexity index is 1020.